The Kier molecular flexibility index (Phi) is 12.6. The number of nitrogens with one attached hydrogen (secondary N) is 4. The van der Waals surface area contributed by atoms with Crippen molar-refractivity contribution in [2.75, 3.05) is 20.2 Å². The summed E-state index contributed by atoms with van der Waals surface area (Å²) in [6.45, 7) is 19.5. The van der Waals surface area contributed by atoms with Gasteiger partial charge in [-0.1, -0.05) is 103 Å². The highest BCUT2D eigenvalue weighted by Crippen LogP contribution is 2.65. The number of likely N-dealkylation sites (tertiary alicyclic amines) is 1. The fourth-order valence-corrected chi connectivity index (χ4v) is 6.71. The van der Waals surface area contributed by atoms with Crippen LogP contribution >= 0.6 is 0 Å². The number of Topliss-reactive ketones (excluding diaryl/α,β-unsaturated/α-hetero) is 1. The van der Waals surface area contributed by atoms with Gasteiger partial charge in [-0.25, -0.2) is 4.79 Å². The number of oxime groups is 1. The van der Waals surface area contributed by atoms with Crippen molar-refractivity contribution in [2.24, 2.45) is 33.7 Å². The highest BCUT2D eigenvalue weighted by Gasteiger charge is 2.70. The average Bonchev–Trinajstić information content (AvgIpc) is 3.34. The summed E-state index contributed by atoms with van der Waals surface area (Å²) in [6.07, 6.45) is 2.29. The molecule has 0 radical (unpaired) electrons. The summed E-state index contributed by atoms with van der Waals surface area (Å²) in [5.74, 6) is -2.55. The van der Waals surface area contributed by atoms with E-state index < -0.39 is 59.1 Å². The third-order valence-corrected chi connectivity index (χ3v) is 9.50. The number of rotatable bonds is 15. The van der Waals surface area contributed by atoms with Crippen molar-refractivity contribution < 1.29 is 28.8 Å². The number of piperidine rings is 1. The van der Waals surface area contributed by atoms with E-state index in [4.69, 9.17) is 4.84 Å². The highest BCUT2D eigenvalue weighted by molar-refractivity contribution is 6.38. The first-order valence-electron chi connectivity index (χ1n) is 16.8. The second-order valence-corrected chi connectivity index (χ2v) is 14.8. The maximum Gasteiger partial charge on any atom is 0.316 e. The van der Waals surface area contributed by atoms with Crippen LogP contribution < -0.4 is 21.3 Å². The number of fused-ring (bicyclic) bond motifs is 1. The van der Waals surface area contributed by atoms with E-state index in [0.717, 1.165) is 5.56 Å². The summed E-state index contributed by atoms with van der Waals surface area (Å²) in [7, 11) is 1.45. The lowest BCUT2D eigenvalue weighted by Gasteiger charge is -2.38. The van der Waals surface area contributed by atoms with Crippen LogP contribution in [0.2, 0.25) is 0 Å². The van der Waals surface area contributed by atoms with Gasteiger partial charge in [-0.15, -0.1) is 6.58 Å². The summed E-state index contributed by atoms with van der Waals surface area (Å²) in [6, 6.07) is 5.40. The van der Waals surface area contributed by atoms with E-state index >= 15 is 0 Å². The minimum atomic E-state index is -1.03. The minimum absolute atomic E-state index is 0.0758. The molecule has 1 saturated carbocycles. The fraction of sp³-hybridized carbons (Fsp3) is 0.611. The standard InChI is InChI=1S/C36H54N6O6/c1-11-16-24(29(43)32(45)37-19-12-2)38-31(44)28-25-23(36(25,8)9)20-42(28)33(46)30(35(5,6)7)40-34(47)39-26(21(3)4)27(41-48-10)22-17-14-13-15-18-22/h12-15,17-18,21,23-26,28,30H,2,11,16,19-20H2,1,3-10H3,(H,37,45)(H,38,44)(H2,39,40,47)/t23-,24?,25-,26-,28-,30+/m0/s1. The third-order valence-electron chi connectivity index (χ3n) is 9.50. The average molecular weight is 667 g/mol. The minimum Gasteiger partial charge on any atom is -0.399 e. The predicted octanol–water partition coefficient (Wildman–Crippen LogP) is 3.41. The second kappa shape index (κ2) is 15.8. The fourth-order valence-electron chi connectivity index (χ4n) is 6.71. The molecule has 1 aliphatic heterocycles. The zero-order valence-electron chi connectivity index (χ0n) is 29.9. The molecule has 1 aliphatic carbocycles. The molecule has 1 saturated heterocycles. The Morgan fingerprint density at radius 2 is 1.73 bits per heavy atom. The molecular weight excluding hydrogens is 612 g/mol. The van der Waals surface area contributed by atoms with Gasteiger partial charge in [0.05, 0.1) is 12.1 Å². The number of urea groups is 1. The van der Waals surface area contributed by atoms with Gasteiger partial charge in [-0.3, -0.25) is 19.2 Å². The molecule has 0 bridgehead atoms. The molecular formula is C36H54N6O6. The number of benzene rings is 1. The summed E-state index contributed by atoms with van der Waals surface area (Å²) < 4.78 is 0. The molecule has 3 rings (SSSR count). The Morgan fingerprint density at radius 1 is 1.08 bits per heavy atom. The van der Waals surface area contributed by atoms with Crippen LogP contribution in [0.5, 0.6) is 0 Å². The molecule has 1 heterocycles. The molecule has 2 aliphatic rings. The largest absolute Gasteiger partial charge is 0.399 e. The highest BCUT2D eigenvalue weighted by atomic mass is 16.6. The van der Waals surface area contributed by atoms with E-state index in [2.05, 4.69) is 46.8 Å². The first kappa shape index (κ1) is 38.2. The van der Waals surface area contributed by atoms with Crippen LogP contribution in [-0.4, -0.2) is 84.5 Å². The smallest absolute Gasteiger partial charge is 0.316 e. The number of hydrogen-bond donors (Lipinski definition) is 4. The molecule has 6 atom stereocenters. The molecule has 264 valence electrons. The van der Waals surface area contributed by atoms with Crippen LogP contribution in [0.1, 0.15) is 73.8 Å². The number of hydrogen-bond acceptors (Lipinski definition) is 7. The Balaban J connectivity index is 1.86. The summed E-state index contributed by atoms with van der Waals surface area (Å²) >= 11 is 0. The number of ketones is 1. The van der Waals surface area contributed by atoms with Crippen molar-refractivity contribution in [1.29, 1.82) is 0 Å². The summed E-state index contributed by atoms with van der Waals surface area (Å²) in [4.78, 5) is 74.1. The second-order valence-electron chi connectivity index (χ2n) is 14.8. The van der Waals surface area contributed by atoms with Gasteiger partial charge in [0.2, 0.25) is 17.6 Å². The first-order valence-corrected chi connectivity index (χ1v) is 16.8. The number of nitrogens with zero attached hydrogens (tertiary/aromatic N) is 2. The van der Waals surface area contributed by atoms with Crippen molar-refractivity contribution in [3.8, 4) is 0 Å². The Hall–Kier alpha value is -4.22. The van der Waals surface area contributed by atoms with Crippen LogP contribution in [0, 0.1) is 28.6 Å². The Morgan fingerprint density at radius 3 is 2.27 bits per heavy atom. The quantitative estimate of drug-likeness (QED) is 0.0973. The molecule has 2 fully saturated rings. The van der Waals surface area contributed by atoms with Gasteiger partial charge >= 0.3 is 6.03 Å². The zero-order valence-corrected chi connectivity index (χ0v) is 29.9. The van der Waals surface area contributed by atoms with Gasteiger partial charge in [0.1, 0.15) is 24.9 Å². The van der Waals surface area contributed by atoms with E-state index in [-0.39, 0.29) is 36.1 Å². The van der Waals surface area contributed by atoms with Crippen molar-refractivity contribution in [1.82, 2.24) is 26.2 Å². The van der Waals surface area contributed by atoms with Gasteiger partial charge in [0.25, 0.3) is 5.91 Å². The molecule has 1 aromatic carbocycles. The molecule has 5 amide bonds. The lowest BCUT2D eigenvalue weighted by molar-refractivity contribution is -0.145. The molecule has 0 aromatic heterocycles. The van der Waals surface area contributed by atoms with Gasteiger partial charge in [0, 0.05) is 18.7 Å². The van der Waals surface area contributed by atoms with Crippen molar-refractivity contribution in [2.45, 2.75) is 92.4 Å². The normalized spacial score (nSPS) is 21.7. The number of amides is 5. The number of carbonyl (C=O) groups excluding carboxylic acids is 5. The van der Waals surface area contributed by atoms with Crippen molar-refractivity contribution in [3.05, 3.63) is 48.6 Å². The van der Waals surface area contributed by atoms with Gasteiger partial charge in [-0.05, 0) is 35.0 Å². The van der Waals surface area contributed by atoms with E-state index in [1.165, 1.54) is 13.2 Å². The Labute approximate surface area is 284 Å². The molecule has 12 nitrogen and oxygen atoms in total. The summed E-state index contributed by atoms with van der Waals surface area (Å²) in [5, 5.41) is 15.4. The predicted molar refractivity (Wildman–Crippen MR) is 185 cm³/mol. The van der Waals surface area contributed by atoms with Crippen LogP contribution in [0.3, 0.4) is 0 Å². The van der Waals surface area contributed by atoms with Crippen molar-refractivity contribution in [3.63, 3.8) is 0 Å². The molecule has 4 N–H and O–H groups in total. The van der Waals surface area contributed by atoms with E-state index in [1.54, 1.807) is 4.90 Å². The van der Waals surface area contributed by atoms with Crippen LogP contribution in [0.25, 0.3) is 0 Å². The van der Waals surface area contributed by atoms with E-state index in [9.17, 15) is 24.0 Å². The monoisotopic (exact) mass is 666 g/mol. The first-order chi connectivity index (χ1) is 22.5. The van der Waals surface area contributed by atoms with Crippen LogP contribution in [0.15, 0.2) is 48.1 Å². The molecule has 48 heavy (non-hydrogen) atoms. The SMILES string of the molecule is C=CCNC(=O)C(=O)C(CCC)NC(=O)[C@@H]1[C@@H]2[C@H](CN1C(=O)[C@@H](NC(=O)N[C@H](C(=NOC)c1ccccc1)C(C)C)C(C)(C)C)C2(C)C. The maximum atomic E-state index is 14.4. The third kappa shape index (κ3) is 8.62. The molecule has 12 heteroatoms. The van der Waals surface area contributed by atoms with Gasteiger partial charge < -0.3 is 31.0 Å². The van der Waals surface area contributed by atoms with Crippen LogP contribution in [0.4, 0.5) is 4.79 Å². The molecule has 1 unspecified atom stereocenters. The summed E-state index contributed by atoms with van der Waals surface area (Å²) in [5.41, 5.74) is 0.408. The van der Waals surface area contributed by atoms with Crippen molar-refractivity contribution >= 4 is 35.2 Å². The molecule has 0 spiro atoms. The van der Waals surface area contributed by atoms with E-state index in [1.807, 2.05) is 71.9 Å². The number of carbonyl (C=O) groups is 5. The topological polar surface area (TPSA) is 158 Å². The van der Waals surface area contributed by atoms with E-state index in [0.29, 0.717) is 18.7 Å². The van der Waals surface area contributed by atoms with Gasteiger partial charge in [0.15, 0.2) is 0 Å². The van der Waals surface area contributed by atoms with Gasteiger partial charge in [-0.2, -0.15) is 0 Å². The van der Waals surface area contributed by atoms with Crippen LogP contribution in [-0.2, 0) is 24.0 Å². The Bertz CT molecular complexity index is 1380. The zero-order chi connectivity index (χ0) is 36.0. The molecule has 1 aromatic rings. The maximum absolute atomic E-state index is 14.4. The lowest BCUT2D eigenvalue weighted by atomic mass is 9.85. The lowest BCUT2D eigenvalue weighted by Crippen LogP contribution is -2.62.